The van der Waals surface area contributed by atoms with Crippen LogP contribution >= 0.6 is 24.0 Å². The number of furan rings is 1. The van der Waals surface area contributed by atoms with Gasteiger partial charge in [-0.1, -0.05) is 12.1 Å². The van der Waals surface area contributed by atoms with Crippen LogP contribution in [0.1, 0.15) is 41.6 Å². The minimum Gasteiger partial charge on any atom is -0.454 e. The molecule has 1 saturated carbocycles. The van der Waals surface area contributed by atoms with Gasteiger partial charge in [0.2, 0.25) is 0 Å². The summed E-state index contributed by atoms with van der Waals surface area (Å²) < 4.78 is 18.8. The van der Waals surface area contributed by atoms with Crippen LogP contribution in [-0.4, -0.2) is 25.0 Å². The smallest absolute Gasteiger partial charge is 0.284 e. The molecule has 2 aromatic rings. The molecule has 1 amide bonds. The van der Waals surface area contributed by atoms with E-state index in [0.717, 1.165) is 18.4 Å². The summed E-state index contributed by atoms with van der Waals surface area (Å²) in [5, 5.41) is 6.50. The van der Waals surface area contributed by atoms with Crippen molar-refractivity contribution in [3.8, 4) is 0 Å². The first-order valence-electron chi connectivity index (χ1n) is 8.69. The largest absolute Gasteiger partial charge is 0.454 e. The number of nitrogens with one attached hydrogen (secondary N) is 2. The molecule has 0 radical (unpaired) electrons. The van der Waals surface area contributed by atoms with Crippen LogP contribution in [0.2, 0.25) is 0 Å². The third kappa shape index (κ3) is 5.44. The molecule has 27 heavy (non-hydrogen) atoms. The summed E-state index contributed by atoms with van der Waals surface area (Å²) in [6.07, 6.45) is 2.03. The van der Waals surface area contributed by atoms with Gasteiger partial charge in [0.1, 0.15) is 18.1 Å². The normalized spacial score (nSPS) is 15.0. The monoisotopic (exact) mass is 486 g/mol. The van der Waals surface area contributed by atoms with Crippen molar-refractivity contribution in [3.63, 3.8) is 0 Å². The SMILES string of the molecule is CCNC(=NCc1ccc(C(N)=O)o1)NCC1(c2cccc(F)c2)CC1.I. The van der Waals surface area contributed by atoms with E-state index in [4.69, 9.17) is 10.2 Å². The molecule has 0 spiro atoms. The van der Waals surface area contributed by atoms with Gasteiger partial charge >= 0.3 is 0 Å². The number of carbonyl (C=O) groups excluding carboxylic acids is 1. The molecular weight excluding hydrogens is 462 g/mol. The zero-order valence-corrected chi connectivity index (χ0v) is 17.5. The van der Waals surface area contributed by atoms with Crippen LogP contribution < -0.4 is 16.4 Å². The fourth-order valence-electron chi connectivity index (χ4n) is 2.88. The minimum atomic E-state index is -0.601. The Hall–Kier alpha value is -2.10. The van der Waals surface area contributed by atoms with Gasteiger partial charge in [-0.05, 0) is 49.6 Å². The molecule has 1 aliphatic carbocycles. The lowest BCUT2D eigenvalue weighted by atomic mass is 9.96. The summed E-state index contributed by atoms with van der Waals surface area (Å²) in [4.78, 5) is 15.5. The molecule has 0 bridgehead atoms. The van der Waals surface area contributed by atoms with Gasteiger partial charge in [0.25, 0.3) is 5.91 Å². The zero-order valence-electron chi connectivity index (χ0n) is 15.1. The number of amides is 1. The fourth-order valence-corrected chi connectivity index (χ4v) is 2.88. The summed E-state index contributed by atoms with van der Waals surface area (Å²) in [6, 6.07) is 10.0. The van der Waals surface area contributed by atoms with Gasteiger partial charge in [-0.2, -0.15) is 0 Å². The first-order valence-corrected chi connectivity index (χ1v) is 8.69. The van der Waals surface area contributed by atoms with Crippen molar-refractivity contribution < 1.29 is 13.6 Å². The highest BCUT2D eigenvalue weighted by Crippen LogP contribution is 2.47. The van der Waals surface area contributed by atoms with Gasteiger partial charge in [0, 0.05) is 18.5 Å². The Morgan fingerprint density at radius 2 is 2.07 bits per heavy atom. The lowest BCUT2D eigenvalue weighted by Crippen LogP contribution is -2.41. The highest BCUT2D eigenvalue weighted by atomic mass is 127. The molecule has 8 heteroatoms. The maximum atomic E-state index is 13.5. The van der Waals surface area contributed by atoms with Gasteiger partial charge in [-0.25, -0.2) is 9.38 Å². The third-order valence-electron chi connectivity index (χ3n) is 4.53. The number of carbonyl (C=O) groups is 1. The number of halogens is 2. The van der Waals surface area contributed by atoms with Gasteiger partial charge in [-0.3, -0.25) is 4.79 Å². The summed E-state index contributed by atoms with van der Waals surface area (Å²) in [6.45, 7) is 3.65. The average molecular weight is 486 g/mol. The van der Waals surface area contributed by atoms with Crippen molar-refractivity contribution in [3.05, 3.63) is 59.3 Å². The van der Waals surface area contributed by atoms with Crippen molar-refractivity contribution in [2.75, 3.05) is 13.1 Å². The number of primary amides is 1. The highest BCUT2D eigenvalue weighted by molar-refractivity contribution is 14.0. The molecule has 1 aliphatic rings. The van der Waals surface area contributed by atoms with Crippen molar-refractivity contribution in [2.45, 2.75) is 31.7 Å². The molecule has 6 nitrogen and oxygen atoms in total. The van der Waals surface area contributed by atoms with Crippen LogP contribution in [0.4, 0.5) is 4.39 Å². The Bertz CT molecular complexity index is 818. The zero-order chi connectivity index (χ0) is 18.6. The van der Waals surface area contributed by atoms with Crippen LogP contribution in [0.25, 0.3) is 0 Å². The van der Waals surface area contributed by atoms with E-state index in [1.165, 1.54) is 12.1 Å². The van der Waals surface area contributed by atoms with Gasteiger partial charge < -0.3 is 20.8 Å². The molecule has 3 rings (SSSR count). The van der Waals surface area contributed by atoms with Gasteiger partial charge in [0.05, 0.1) is 0 Å². The van der Waals surface area contributed by atoms with E-state index in [2.05, 4.69) is 15.6 Å². The lowest BCUT2D eigenvalue weighted by Gasteiger charge is -2.19. The topological polar surface area (TPSA) is 92.6 Å². The van der Waals surface area contributed by atoms with Crippen molar-refractivity contribution in [1.29, 1.82) is 0 Å². The molecule has 1 fully saturated rings. The number of guanidine groups is 1. The van der Waals surface area contributed by atoms with Gasteiger partial charge in [-0.15, -0.1) is 24.0 Å². The Labute approximate surface area is 174 Å². The average Bonchev–Trinajstić information content (AvgIpc) is 3.26. The maximum absolute atomic E-state index is 13.5. The first kappa shape index (κ1) is 21.2. The summed E-state index contributed by atoms with van der Waals surface area (Å²) in [7, 11) is 0. The maximum Gasteiger partial charge on any atom is 0.284 e. The first-order chi connectivity index (χ1) is 12.5. The predicted octanol–water partition coefficient (Wildman–Crippen LogP) is 2.92. The number of nitrogens with two attached hydrogens (primary N) is 1. The van der Waals surface area contributed by atoms with Crippen molar-refractivity contribution in [2.24, 2.45) is 10.7 Å². The summed E-state index contributed by atoms with van der Waals surface area (Å²) in [5.74, 6) is 0.513. The molecule has 146 valence electrons. The summed E-state index contributed by atoms with van der Waals surface area (Å²) >= 11 is 0. The number of aliphatic imine (C=N–C) groups is 1. The van der Waals surface area contributed by atoms with Gasteiger partial charge in [0.15, 0.2) is 11.7 Å². The Morgan fingerprint density at radius 1 is 1.30 bits per heavy atom. The lowest BCUT2D eigenvalue weighted by molar-refractivity contribution is 0.0972. The van der Waals surface area contributed by atoms with Crippen LogP contribution in [0, 0.1) is 5.82 Å². The molecule has 0 atom stereocenters. The Morgan fingerprint density at radius 3 is 2.67 bits per heavy atom. The van der Waals surface area contributed by atoms with E-state index in [-0.39, 0.29) is 47.5 Å². The minimum absolute atomic E-state index is 0. The Kier molecular flexibility index (Phi) is 7.23. The van der Waals surface area contributed by atoms with Crippen LogP contribution in [0.3, 0.4) is 0 Å². The van der Waals surface area contributed by atoms with E-state index >= 15 is 0 Å². The summed E-state index contributed by atoms with van der Waals surface area (Å²) in [5.41, 5.74) is 6.15. The number of benzene rings is 1. The van der Waals surface area contributed by atoms with E-state index < -0.39 is 5.91 Å². The van der Waals surface area contributed by atoms with Crippen molar-refractivity contribution in [1.82, 2.24) is 10.6 Å². The quantitative estimate of drug-likeness (QED) is 0.319. The standard InChI is InChI=1S/C19H23FN4O2.HI/c1-2-22-18(23-11-15-6-7-16(26-15)17(21)25)24-12-19(8-9-19)13-4-3-5-14(20)10-13;/h3-7,10H,2,8-9,11-12H2,1H3,(H2,21,25)(H2,22,23,24);1H. The number of hydrogen-bond acceptors (Lipinski definition) is 3. The number of nitrogens with zero attached hydrogens (tertiary/aromatic N) is 1. The molecule has 0 saturated heterocycles. The molecule has 1 aromatic carbocycles. The second-order valence-electron chi connectivity index (χ2n) is 6.47. The van der Waals surface area contributed by atoms with E-state index in [1.807, 2.05) is 13.0 Å². The number of rotatable bonds is 7. The van der Waals surface area contributed by atoms with E-state index in [0.29, 0.717) is 24.8 Å². The van der Waals surface area contributed by atoms with E-state index in [1.54, 1.807) is 18.2 Å². The third-order valence-corrected chi connectivity index (χ3v) is 4.53. The van der Waals surface area contributed by atoms with Crippen LogP contribution in [-0.2, 0) is 12.0 Å². The molecule has 0 unspecified atom stereocenters. The second-order valence-corrected chi connectivity index (χ2v) is 6.47. The predicted molar refractivity (Wildman–Crippen MR) is 113 cm³/mol. The molecular formula is C19H24FIN4O2. The highest BCUT2D eigenvalue weighted by Gasteiger charge is 2.44. The molecule has 1 aromatic heterocycles. The fraction of sp³-hybridized carbons (Fsp3) is 0.368. The molecule has 0 aliphatic heterocycles. The second kappa shape index (κ2) is 9.20. The van der Waals surface area contributed by atoms with Crippen LogP contribution in [0.15, 0.2) is 45.8 Å². The van der Waals surface area contributed by atoms with Crippen LogP contribution in [0.5, 0.6) is 0 Å². The molecule has 1 heterocycles. The Balaban J connectivity index is 0.00000261. The van der Waals surface area contributed by atoms with Crippen molar-refractivity contribution >= 4 is 35.8 Å². The number of hydrogen-bond donors (Lipinski definition) is 3. The molecule has 4 N–H and O–H groups in total. The van der Waals surface area contributed by atoms with E-state index in [9.17, 15) is 9.18 Å².